The minimum atomic E-state index is -0.486. The van der Waals surface area contributed by atoms with Crippen molar-refractivity contribution in [2.45, 2.75) is 19.8 Å². The average Bonchev–Trinajstić information content (AvgIpc) is 3.23. The summed E-state index contributed by atoms with van der Waals surface area (Å²) in [5.74, 6) is 0.588. The molecule has 0 fully saturated rings. The molecule has 0 saturated carbocycles. The van der Waals surface area contributed by atoms with Gasteiger partial charge in [-0.15, -0.1) is 0 Å². The fourth-order valence-corrected chi connectivity index (χ4v) is 4.08. The molecule has 0 bridgehead atoms. The monoisotopic (exact) mass is 438 g/mol. The van der Waals surface area contributed by atoms with Gasteiger partial charge in [0.25, 0.3) is 5.56 Å². The molecule has 3 aromatic carbocycles. The first-order valence-electron chi connectivity index (χ1n) is 10.8. The van der Waals surface area contributed by atoms with Crippen LogP contribution in [0.15, 0.2) is 76.5 Å². The Hall–Kier alpha value is -4.26. The molecule has 7 nitrogen and oxygen atoms in total. The van der Waals surface area contributed by atoms with Gasteiger partial charge in [0.15, 0.2) is 0 Å². The van der Waals surface area contributed by atoms with E-state index in [0.717, 1.165) is 39.0 Å². The number of H-pyrrole nitrogens is 1. The predicted molar refractivity (Wildman–Crippen MR) is 128 cm³/mol. The fraction of sp³-hybridized carbons (Fsp3) is 0.154. The normalized spacial score (nSPS) is 12.3. The highest BCUT2D eigenvalue weighted by Crippen LogP contribution is 2.32. The van der Waals surface area contributed by atoms with Crippen LogP contribution < -0.4 is 10.9 Å². The smallest absolute Gasteiger partial charge is 0.412 e. The number of alkyl carbamates (subject to hydrolysis) is 1. The second-order valence-electron chi connectivity index (χ2n) is 7.85. The van der Waals surface area contributed by atoms with E-state index < -0.39 is 6.09 Å². The zero-order valence-electron chi connectivity index (χ0n) is 18.1. The van der Waals surface area contributed by atoms with Gasteiger partial charge in [0.2, 0.25) is 0 Å². The van der Waals surface area contributed by atoms with Crippen molar-refractivity contribution < 1.29 is 9.53 Å². The SMILES string of the molecule is CCOC(=O)NC1=Nc2cc(-c3cccc(Cc4n[nH]c(=O)c5ccccc45)c3)ccc2C1. The van der Waals surface area contributed by atoms with Crippen molar-refractivity contribution in [3.8, 4) is 11.1 Å². The predicted octanol–water partition coefficient (Wildman–Crippen LogP) is 4.51. The van der Waals surface area contributed by atoms with Crippen molar-refractivity contribution in [3.05, 3.63) is 93.9 Å². The largest absolute Gasteiger partial charge is 0.450 e. The van der Waals surface area contributed by atoms with Crippen molar-refractivity contribution >= 4 is 28.4 Å². The number of amides is 1. The Bertz CT molecular complexity index is 1460. The van der Waals surface area contributed by atoms with Gasteiger partial charge in [-0.3, -0.25) is 10.1 Å². The van der Waals surface area contributed by atoms with E-state index in [4.69, 9.17) is 4.74 Å². The van der Waals surface area contributed by atoms with Crippen LogP contribution in [0.2, 0.25) is 0 Å². The van der Waals surface area contributed by atoms with Crippen molar-refractivity contribution in [2.24, 2.45) is 4.99 Å². The van der Waals surface area contributed by atoms with Crippen LogP contribution >= 0.6 is 0 Å². The van der Waals surface area contributed by atoms with Gasteiger partial charge >= 0.3 is 6.09 Å². The molecule has 33 heavy (non-hydrogen) atoms. The zero-order valence-corrected chi connectivity index (χ0v) is 18.1. The maximum Gasteiger partial charge on any atom is 0.412 e. The summed E-state index contributed by atoms with van der Waals surface area (Å²) in [6, 6.07) is 21.9. The molecule has 1 aliphatic rings. The number of aromatic amines is 1. The summed E-state index contributed by atoms with van der Waals surface area (Å²) in [4.78, 5) is 28.3. The molecular formula is C26H22N4O3. The lowest BCUT2D eigenvalue weighted by Gasteiger charge is -2.08. The molecule has 7 heteroatoms. The molecule has 2 N–H and O–H groups in total. The van der Waals surface area contributed by atoms with Crippen molar-refractivity contribution in [1.29, 1.82) is 0 Å². The van der Waals surface area contributed by atoms with Gasteiger partial charge in [0, 0.05) is 18.2 Å². The number of rotatable bonds is 4. The van der Waals surface area contributed by atoms with Gasteiger partial charge in [0.1, 0.15) is 5.84 Å². The second kappa shape index (κ2) is 8.70. The van der Waals surface area contributed by atoms with E-state index in [0.29, 0.717) is 30.7 Å². The molecule has 1 amide bonds. The number of carbonyl (C=O) groups excluding carboxylic acids is 1. The van der Waals surface area contributed by atoms with Crippen LogP contribution in [-0.2, 0) is 17.6 Å². The molecule has 4 aromatic rings. The lowest BCUT2D eigenvalue weighted by Crippen LogP contribution is -2.30. The molecule has 0 radical (unpaired) electrons. The maximum atomic E-state index is 12.1. The van der Waals surface area contributed by atoms with E-state index in [1.807, 2.05) is 42.5 Å². The Morgan fingerprint density at radius 3 is 2.70 bits per heavy atom. The summed E-state index contributed by atoms with van der Waals surface area (Å²) in [6.45, 7) is 2.08. The van der Waals surface area contributed by atoms with Crippen LogP contribution in [0, 0.1) is 0 Å². The number of nitrogens with zero attached hydrogens (tertiary/aromatic N) is 2. The molecule has 2 heterocycles. The van der Waals surface area contributed by atoms with Crippen molar-refractivity contribution in [2.75, 3.05) is 6.61 Å². The molecule has 1 aromatic heterocycles. The van der Waals surface area contributed by atoms with Crippen LogP contribution in [0.1, 0.15) is 23.7 Å². The average molecular weight is 438 g/mol. The molecular weight excluding hydrogens is 416 g/mol. The molecule has 0 atom stereocenters. The summed E-state index contributed by atoms with van der Waals surface area (Å²) >= 11 is 0. The number of ether oxygens (including phenoxy) is 1. The van der Waals surface area contributed by atoms with Gasteiger partial charge in [-0.25, -0.2) is 14.9 Å². The third-order valence-electron chi connectivity index (χ3n) is 5.63. The first-order valence-corrected chi connectivity index (χ1v) is 10.8. The number of carbonyl (C=O) groups is 1. The Kier molecular flexibility index (Phi) is 5.44. The van der Waals surface area contributed by atoms with E-state index in [1.165, 1.54) is 0 Å². The summed E-state index contributed by atoms with van der Waals surface area (Å²) in [6.07, 6.45) is 0.682. The Morgan fingerprint density at radius 2 is 1.85 bits per heavy atom. The number of aromatic nitrogens is 2. The van der Waals surface area contributed by atoms with E-state index in [-0.39, 0.29) is 5.56 Å². The number of amidine groups is 1. The summed E-state index contributed by atoms with van der Waals surface area (Å²) < 4.78 is 4.94. The molecule has 0 saturated heterocycles. The molecule has 0 aliphatic carbocycles. The Labute approximate surface area is 190 Å². The minimum Gasteiger partial charge on any atom is -0.450 e. The topological polar surface area (TPSA) is 96.4 Å². The summed E-state index contributed by atoms with van der Waals surface area (Å²) in [7, 11) is 0. The highest BCUT2D eigenvalue weighted by atomic mass is 16.5. The number of benzene rings is 3. The lowest BCUT2D eigenvalue weighted by molar-refractivity contribution is 0.157. The molecule has 5 rings (SSSR count). The van der Waals surface area contributed by atoms with Crippen molar-refractivity contribution in [1.82, 2.24) is 15.5 Å². The minimum absolute atomic E-state index is 0.182. The third-order valence-corrected chi connectivity index (χ3v) is 5.63. The van der Waals surface area contributed by atoms with Crippen LogP contribution in [0.3, 0.4) is 0 Å². The van der Waals surface area contributed by atoms with Crippen LogP contribution in [-0.4, -0.2) is 28.7 Å². The van der Waals surface area contributed by atoms with E-state index >= 15 is 0 Å². The number of nitrogens with one attached hydrogen (secondary N) is 2. The molecule has 0 unspecified atom stereocenters. The van der Waals surface area contributed by atoms with Gasteiger partial charge in [-0.2, -0.15) is 5.10 Å². The van der Waals surface area contributed by atoms with Crippen LogP contribution in [0.25, 0.3) is 21.9 Å². The fourth-order valence-electron chi connectivity index (χ4n) is 4.08. The Morgan fingerprint density at radius 1 is 1.03 bits per heavy atom. The zero-order chi connectivity index (χ0) is 22.8. The first-order chi connectivity index (χ1) is 16.1. The second-order valence-corrected chi connectivity index (χ2v) is 7.85. The van der Waals surface area contributed by atoms with Gasteiger partial charge < -0.3 is 4.74 Å². The third kappa shape index (κ3) is 4.25. The van der Waals surface area contributed by atoms with Crippen LogP contribution in [0.4, 0.5) is 10.5 Å². The quantitative estimate of drug-likeness (QED) is 0.490. The molecule has 0 spiro atoms. The van der Waals surface area contributed by atoms with E-state index in [1.54, 1.807) is 6.92 Å². The Balaban J connectivity index is 1.41. The van der Waals surface area contributed by atoms with Gasteiger partial charge in [0.05, 0.1) is 23.4 Å². The maximum absolute atomic E-state index is 12.1. The van der Waals surface area contributed by atoms with E-state index in [2.05, 4.69) is 44.8 Å². The van der Waals surface area contributed by atoms with Gasteiger partial charge in [-0.1, -0.05) is 54.6 Å². The molecule has 164 valence electrons. The first kappa shape index (κ1) is 20.6. The molecule has 1 aliphatic heterocycles. The lowest BCUT2D eigenvalue weighted by atomic mass is 9.98. The summed E-state index contributed by atoms with van der Waals surface area (Å²) in [5, 5.41) is 11.1. The van der Waals surface area contributed by atoms with E-state index in [9.17, 15) is 9.59 Å². The van der Waals surface area contributed by atoms with Crippen molar-refractivity contribution in [3.63, 3.8) is 0 Å². The number of hydrogen-bond donors (Lipinski definition) is 2. The van der Waals surface area contributed by atoms with Crippen LogP contribution in [0.5, 0.6) is 0 Å². The number of aliphatic imine (C=N–C) groups is 1. The van der Waals surface area contributed by atoms with Gasteiger partial charge in [-0.05, 0) is 41.3 Å². The number of fused-ring (bicyclic) bond motifs is 2. The standard InChI is InChI=1S/C26H22N4O3/c1-2-33-26(32)28-24-15-19-11-10-18(14-22(19)27-24)17-7-5-6-16(12-17)13-23-20-8-3-4-9-21(20)25(31)30-29-23/h3-12,14H,2,13,15H2,1H3,(H,30,31)(H,27,28,32). The highest BCUT2D eigenvalue weighted by Gasteiger charge is 2.18. The summed E-state index contributed by atoms with van der Waals surface area (Å²) in [5.41, 5.74) is 5.74. The number of hydrogen-bond acceptors (Lipinski definition) is 5. The highest BCUT2D eigenvalue weighted by molar-refractivity contribution is 6.01.